The zero-order chi connectivity index (χ0) is 14.7. The molecule has 3 fully saturated rings. The smallest absolute Gasteiger partial charge is 0.223 e. The fourth-order valence-corrected chi connectivity index (χ4v) is 4.18. The van der Waals surface area contributed by atoms with E-state index in [1.807, 2.05) is 0 Å². The Labute approximate surface area is 153 Å². The Morgan fingerprint density at radius 2 is 1.87 bits per heavy atom. The standard InChI is InChI=1S/C17H31N3O.2ClH/c1-2-3-10-20-11-4-14(5-12-20)19-16(21)15-13-17(15)6-8-18-9-7-17;;/h14-15,18H,2-13H2,1H3,(H,19,21);2*1H. The number of likely N-dealkylation sites (tertiary alicyclic amines) is 1. The molecule has 1 spiro atoms. The Morgan fingerprint density at radius 3 is 2.48 bits per heavy atom. The van der Waals surface area contributed by atoms with Gasteiger partial charge in [0.1, 0.15) is 0 Å². The summed E-state index contributed by atoms with van der Waals surface area (Å²) in [7, 11) is 0. The highest BCUT2D eigenvalue weighted by Crippen LogP contribution is 2.58. The normalized spacial score (nSPS) is 26.9. The Morgan fingerprint density at radius 1 is 1.22 bits per heavy atom. The van der Waals surface area contributed by atoms with Crippen molar-refractivity contribution in [3.05, 3.63) is 0 Å². The van der Waals surface area contributed by atoms with Gasteiger partial charge in [-0.2, -0.15) is 0 Å². The van der Waals surface area contributed by atoms with Gasteiger partial charge in [0.05, 0.1) is 0 Å². The van der Waals surface area contributed by atoms with Gasteiger partial charge < -0.3 is 15.5 Å². The second-order valence-corrected chi connectivity index (χ2v) is 7.35. The molecule has 23 heavy (non-hydrogen) atoms. The predicted molar refractivity (Wildman–Crippen MR) is 99.7 cm³/mol. The highest BCUT2D eigenvalue weighted by Gasteiger charge is 2.57. The van der Waals surface area contributed by atoms with Gasteiger partial charge >= 0.3 is 0 Å². The van der Waals surface area contributed by atoms with E-state index in [4.69, 9.17) is 0 Å². The summed E-state index contributed by atoms with van der Waals surface area (Å²) in [5.41, 5.74) is 0.372. The third-order valence-corrected chi connectivity index (χ3v) is 5.87. The molecular weight excluding hydrogens is 333 g/mol. The summed E-state index contributed by atoms with van der Waals surface area (Å²) in [5.74, 6) is 0.668. The number of nitrogens with zero attached hydrogens (tertiary/aromatic N) is 1. The van der Waals surface area contributed by atoms with Gasteiger partial charge in [-0.25, -0.2) is 0 Å². The number of hydrogen-bond donors (Lipinski definition) is 2. The number of carbonyl (C=O) groups excluding carboxylic acids is 1. The van der Waals surface area contributed by atoms with Crippen molar-refractivity contribution >= 4 is 30.7 Å². The largest absolute Gasteiger partial charge is 0.353 e. The lowest BCUT2D eigenvalue weighted by atomic mass is 9.91. The summed E-state index contributed by atoms with van der Waals surface area (Å²) in [5, 5.41) is 6.75. The molecule has 0 aromatic heterocycles. The van der Waals surface area contributed by atoms with E-state index in [2.05, 4.69) is 22.5 Å². The number of amides is 1. The molecule has 6 heteroatoms. The molecule has 2 saturated heterocycles. The fraction of sp³-hybridized carbons (Fsp3) is 0.941. The van der Waals surface area contributed by atoms with Crippen molar-refractivity contribution in [2.45, 2.75) is 57.9 Å². The molecule has 3 rings (SSSR count). The van der Waals surface area contributed by atoms with Crippen LogP contribution in [0.2, 0.25) is 0 Å². The SMILES string of the molecule is CCCCN1CCC(NC(=O)C2CC23CCNCC3)CC1.Cl.Cl. The van der Waals surface area contributed by atoms with Gasteiger partial charge in [0.2, 0.25) is 5.91 Å². The second kappa shape index (κ2) is 9.45. The molecule has 2 N–H and O–H groups in total. The zero-order valence-corrected chi connectivity index (χ0v) is 15.9. The van der Waals surface area contributed by atoms with E-state index in [0.717, 1.165) is 45.4 Å². The molecule has 0 aromatic carbocycles. The van der Waals surface area contributed by atoms with E-state index in [0.29, 0.717) is 23.3 Å². The average Bonchev–Trinajstić information content (AvgIpc) is 3.21. The Hall–Kier alpha value is -0.0300. The molecule has 0 radical (unpaired) electrons. The van der Waals surface area contributed by atoms with Crippen LogP contribution < -0.4 is 10.6 Å². The molecule has 2 heterocycles. The number of carbonyl (C=O) groups is 1. The molecule has 3 aliphatic rings. The lowest BCUT2D eigenvalue weighted by molar-refractivity contribution is -0.124. The topological polar surface area (TPSA) is 44.4 Å². The highest BCUT2D eigenvalue weighted by molar-refractivity contribution is 5.85. The van der Waals surface area contributed by atoms with Gasteiger partial charge in [0.25, 0.3) is 0 Å². The molecule has 1 amide bonds. The Kier molecular flexibility index (Phi) is 8.64. The maximum absolute atomic E-state index is 12.5. The first kappa shape index (κ1) is 21.0. The summed E-state index contributed by atoms with van der Waals surface area (Å²) in [4.78, 5) is 15.0. The van der Waals surface area contributed by atoms with Crippen LogP contribution in [-0.4, -0.2) is 49.6 Å². The molecule has 0 bridgehead atoms. The van der Waals surface area contributed by atoms with Gasteiger partial charge in [-0.15, -0.1) is 24.8 Å². The van der Waals surface area contributed by atoms with E-state index < -0.39 is 0 Å². The highest BCUT2D eigenvalue weighted by atomic mass is 35.5. The summed E-state index contributed by atoms with van der Waals surface area (Å²) in [6, 6.07) is 0.426. The Balaban J connectivity index is 0.00000132. The molecule has 136 valence electrons. The van der Waals surface area contributed by atoms with Gasteiger partial charge in [-0.3, -0.25) is 4.79 Å². The first-order chi connectivity index (χ1) is 10.2. The van der Waals surface area contributed by atoms with Gasteiger partial charge in [0, 0.05) is 25.0 Å². The first-order valence-electron chi connectivity index (χ1n) is 8.97. The number of hydrogen-bond acceptors (Lipinski definition) is 3. The fourth-order valence-electron chi connectivity index (χ4n) is 4.18. The van der Waals surface area contributed by atoms with Crippen LogP contribution in [0.3, 0.4) is 0 Å². The predicted octanol–water partition coefficient (Wildman–Crippen LogP) is 2.60. The van der Waals surface area contributed by atoms with Crippen LogP contribution in [0.15, 0.2) is 0 Å². The van der Waals surface area contributed by atoms with Crippen molar-refractivity contribution < 1.29 is 4.79 Å². The molecule has 0 aromatic rings. The third kappa shape index (κ3) is 5.22. The molecule has 2 aliphatic heterocycles. The van der Waals surface area contributed by atoms with Crippen molar-refractivity contribution in [2.75, 3.05) is 32.7 Å². The molecule has 1 atom stereocenters. The lowest BCUT2D eigenvalue weighted by Crippen LogP contribution is -2.46. The zero-order valence-electron chi connectivity index (χ0n) is 14.3. The maximum atomic E-state index is 12.5. The number of rotatable bonds is 5. The minimum atomic E-state index is 0. The molecule has 1 saturated carbocycles. The monoisotopic (exact) mass is 365 g/mol. The Bertz CT molecular complexity index is 367. The number of halogens is 2. The van der Waals surface area contributed by atoms with E-state index >= 15 is 0 Å². The van der Waals surface area contributed by atoms with Crippen LogP contribution in [0.25, 0.3) is 0 Å². The minimum absolute atomic E-state index is 0. The summed E-state index contributed by atoms with van der Waals surface area (Å²) < 4.78 is 0. The van der Waals surface area contributed by atoms with Crippen LogP contribution >= 0.6 is 24.8 Å². The van der Waals surface area contributed by atoms with Crippen LogP contribution in [0.5, 0.6) is 0 Å². The van der Waals surface area contributed by atoms with Gasteiger partial charge in [-0.05, 0) is 63.6 Å². The van der Waals surface area contributed by atoms with Crippen LogP contribution in [0.4, 0.5) is 0 Å². The van der Waals surface area contributed by atoms with Crippen molar-refractivity contribution in [1.82, 2.24) is 15.5 Å². The van der Waals surface area contributed by atoms with Crippen LogP contribution in [-0.2, 0) is 4.79 Å². The third-order valence-electron chi connectivity index (χ3n) is 5.87. The van der Waals surface area contributed by atoms with Gasteiger partial charge in [-0.1, -0.05) is 13.3 Å². The van der Waals surface area contributed by atoms with Crippen molar-refractivity contribution in [3.63, 3.8) is 0 Å². The lowest BCUT2D eigenvalue weighted by Gasteiger charge is -2.32. The first-order valence-corrected chi connectivity index (χ1v) is 8.97. The number of nitrogens with one attached hydrogen (secondary N) is 2. The molecular formula is C17H33Cl2N3O. The quantitative estimate of drug-likeness (QED) is 0.786. The summed E-state index contributed by atoms with van der Waals surface area (Å²) in [6.45, 7) is 7.99. The van der Waals surface area contributed by atoms with E-state index in [9.17, 15) is 4.79 Å². The molecule has 1 unspecified atom stereocenters. The molecule has 1 aliphatic carbocycles. The van der Waals surface area contributed by atoms with Crippen LogP contribution in [0, 0.1) is 11.3 Å². The van der Waals surface area contributed by atoms with Crippen molar-refractivity contribution in [2.24, 2.45) is 11.3 Å². The summed E-state index contributed by atoms with van der Waals surface area (Å²) in [6.07, 6.45) is 8.37. The van der Waals surface area contributed by atoms with Gasteiger partial charge in [0.15, 0.2) is 0 Å². The summed E-state index contributed by atoms with van der Waals surface area (Å²) >= 11 is 0. The van der Waals surface area contributed by atoms with Crippen molar-refractivity contribution in [1.29, 1.82) is 0 Å². The van der Waals surface area contributed by atoms with E-state index in [1.54, 1.807) is 0 Å². The van der Waals surface area contributed by atoms with Crippen molar-refractivity contribution in [3.8, 4) is 0 Å². The second-order valence-electron chi connectivity index (χ2n) is 7.35. The number of piperidine rings is 2. The van der Waals surface area contributed by atoms with Crippen LogP contribution in [0.1, 0.15) is 51.9 Å². The maximum Gasteiger partial charge on any atom is 0.223 e. The molecule has 4 nitrogen and oxygen atoms in total. The minimum Gasteiger partial charge on any atom is -0.353 e. The average molecular weight is 366 g/mol. The van der Waals surface area contributed by atoms with E-state index in [-0.39, 0.29) is 24.8 Å². The van der Waals surface area contributed by atoms with E-state index in [1.165, 1.54) is 32.2 Å². The number of unbranched alkanes of at least 4 members (excludes halogenated alkanes) is 1.